The number of thioether (sulfide) groups is 1. The standard InChI is InChI=1S/C9H21NS/c1-6-8(2)10-7-11-9(3,4)5/h8,10H,6-7H2,1-5H3. The minimum atomic E-state index is 0.389. The molecule has 0 aliphatic carbocycles. The molecule has 68 valence electrons. The van der Waals surface area contributed by atoms with Crippen molar-refractivity contribution in [1.82, 2.24) is 5.32 Å². The van der Waals surface area contributed by atoms with Crippen molar-refractivity contribution in [2.75, 3.05) is 5.88 Å². The second-order valence-electron chi connectivity index (χ2n) is 3.91. The fourth-order valence-electron chi connectivity index (χ4n) is 0.545. The molecule has 0 bridgehead atoms. The summed E-state index contributed by atoms with van der Waals surface area (Å²) in [5.74, 6) is 1.07. The van der Waals surface area contributed by atoms with Crippen LogP contribution >= 0.6 is 11.8 Å². The molecule has 1 N–H and O–H groups in total. The van der Waals surface area contributed by atoms with Crippen molar-refractivity contribution < 1.29 is 0 Å². The van der Waals surface area contributed by atoms with Gasteiger partial charge in [0.25, 0.3) is 0 Å². The third-order valence-corrected chi connectivity index (χ3v) is 2.73. The molecule has 0 aromatic rings. The number of rotatable bonds is 4. The Morgan fingerprint density at radius 1 is 1.36 bits per heavy atom. The van der Waals surface area contributed by atoms with Crippen molar-refractivity contribution in [2.45, 2.75) is 51.8 Å². The lowest BCUT2D eigenvalue weighted by molar-refractivity contribution is 0.581. The average Bonchev–Trinajstić information content (AvgIpc) is 1.85. The number of hydrogen-bond donors (Lipinski definition) is 1. The molecule has 0 aromatic carbocycles. The van der Waals surface area contributed by atoms with E-state index in [-0.39, 0.29) is 0 Å². The van der Waals surface area contributed by atoms with E-state index in [9.17, 15) is 0 Å². The Morgan fingerprint density at radius 2 is 1.91 bits per heavy atom. The molecular formula is C9H21NS. The van der Waals surface area contributed by atoms with Crippen LogP contribution in [-0.4, -0.2) is 16.7 Å². The van der Waals surface area contributed by atoms with Crippen LogP contribution in [0, 0.1) is 0 Å². The van der Waals surface area contributed by atoms with Gasteiger partial charge < -0.3 is 5.32 Å². The average molecular weight is 175 g/mol. The van der Waals surface area contributed by atoms with Crippen molar-refractivity contribution >= 4 is 11.8 Å². The Kier molecular flexibility index (Phi) is 5.19. The second kappa shape index (κ2) is 5.04. The summed E-state index contributed by atoms with van der Waals surface area (Å²) in [6.45, 7) is 11.2. The van der Waals surface area contributed by atoms with Crippen LogP contribution in [0.15, 0.2) is 0 Å². The molecule has 0 aliphatic heterocycles. The summed E-state index contributed by atoms with van der Waals surface area (Å²) in [4.78, 5) is 0. The number of hydrogen-bond acceptors (Lipinski definition) is 2. The summed E-state index contributed by atoms with van der Waals surface area (Å²) in [6, 6.07) is 0.657. The molecule has 0 heterocycles. The van der Waals surface area contributed by atoms with E-state index in [2.05, 4.69) is 39.9 Å². The fraction of sp³-hybridized carbons (Fsp3) is 1.00. The summed E-state index contributed by atoms with van der Waals surface area (Å²) in [6.07, 6.45) is 1.21. The Labute approximate surface area is 75.3 Å². The van der Waals surface area contributed by atoms with Crippen molar-refractivity contribution in [1.29, 1.82) is 0 Å². The summed E-state index contributed by atoms with van der Waals surface area (Å²) in [5, 5.41) is 3.45. The van der Waals surface area contributed by atoms with Crippen molar-refractivity contribution in [3.8, 4) is 0 Å². The third-order valence-electron chi connectivity index (χ3n) is 1.55. The van der Waals surface area contributed by atoms with Gasteiger partial charge in [-0.3, -0.25) is 0 Å². The van der Waals surface area contributed by atoms with Crippen molar-refractivity contribution in [3.63, 3.8) is 0 Å². The van der Waals surface area contributed by atoms with E-state index in [0.29, 0.717) is 10.8 Å². The SMILES string of the molecule is CCC(C)NCSC(C)(C)C. The topological polar surface area (TPSA) is 12.0 Å². The van der Waals surface area contributed by atoms with Gasteiger partial charge in [0.15, 0.2) is 0 Å². The van der Waals surface area contributed by atoms with Gasteiger partial charge in [0.2, 0.25) is 0 Å². The molecule has 0 saturated carbocycles. The van der Waals surface area contributed by atoms with E-state index in [1.54, 1.807) is 0 Å². The summed E-state index contributed by atoms with van der Waals surface area (Å²) >= 11 is 1.97. The molecule has 11 heavy (non-hydrogen) atoms. The zero-order chi connectivity index (χ0) is 8.91. The molecule has 1 nitrogen and oxygen atoms in total. The first-order chi connectivity index (χ1) is 4.95. The molecule has 0 fully saturated rings. The summed E-state index contributed by atoms with van der Waals surface area (Å²) in [7, 11) is 0. The maximum Gasteiger partial charge on any atom is 0.0425 e. The van der Waals surface area contributed by atoms with Crippen LogP contribution in [0.2, 0.25) is 0 Å². The van der Waals surface area contributed by atoms with Crippen LogP contribution < -0.4 is 5.32 Å². The normalized spacial score (nSPS) is 15.0. The zero-order valence-corrected chi connectivity index (χ0v) is 9.22. The van der Waals surface area contributed by atoms with Gasteiger partial charge in [-0.15, -0.1) is 11.8 Å². The molecule has 0 aliphatic rings. The quantitative estimate of drug-likeness (QED) is 0.659. The first-order valence-electron chi connectivity index (χ1n) is 4.33. The van der Waals surface area contributed by atoms with E-state index in [1.807, 2.05) is 11.8 Å². The summed E-state index contributed by atoms with van der Waals surface area (Å²) in [5.41, 5.74) is 0. The lowest BCUT2D eigenvalue weighted by atomic mass is 10.3. The van der Waals surface area contributed by atoms with Gasteiger partial charge in [0.1, 0.15) is 0 Å². The molecule has 0 radical (unpaired) electrons. The monoisotopic (exact) mass is 175 g/mol. The lowest BCUT2D eigenvalue weighted by Crippen LogP contribution is -2.26. The predicted molar refractivity (Wildman–Crippen MR) is 55.1 cm³/mol. The zero-order valence-electron chi connectivity index (χ0n) is 8.40. The van der Waals surface area contributed by atoms with Crippen LogP contribution in [0.1, 0.15) is 41.0 Å². The first-order valence-corrected chi connectivity index (χ1v) is 5.31. The molecule has 1 unspecified atom stereocenters. The second-order valence-corrected chi connectivity index (χ2v) is 5.72. The van der Waals surface area contributed by atoms with E-state index in [4.69, 9.17) is 0 Å². The minimum Gasteiger partial charge on any atom is -0.305 e. The van der Waals surface area contributed by atoms with Gasteiger partial charge in [-0.2, -0.15) is 0 Å². The molecule has 0 rings (SSSR count). The first kappa shape index (κ1) is 11.3. The van der Waals surface area contributed by atoms with Crippen LogP contribution in [0.3, 0.4) is 0 Å². The summed E-state index contributed by atoms with van der Waals surface area (Å²) < 4.78 is 0.389. The molecule has 0 amide bonds. The fourth-order valence-corrected chi connectivity index (χ4v) is 1.35. The highest BCUT2D eigenvalue weighted by atomic mass is 32.2. The van der Waals surface area contributed by atoms with Gasteiger partial charge in [0.05, 0.1) is 0 Å². The largest absolute Gasteiger partial charge is 0.305 e. The van der Waals surface area contributed by atoms with E-state index in [0.717, 1.165) is 5.88 Å². The molecule has 2 heteroatoms. The van der Waals surface area contributed by atoms with Gasteiger partial charge >= 0.3 is 0 Å². The van der Waals surface area contributed by atoms with Crippen LogP contribution in [0.5, 0.6) is 0 Å². The predicted octanol–water partition coefficient (Wildman–Crippen LogP) is 2.86. The molecule has 0 spiro atoms. The minimum absolute atomic E-state index is 0.389. The van der Waals surface area contributed by atoms with Crippen LogP contribution in [-0.2, 0) is 0 Å². The Hall–Kier alpha value is 0.310. The molecule has 0 aromatic heterocycles. The maximum absolute atomic E-state index is 3.45. The van der Waals surface area contributed by atoms with E-state index >= 15 is 0 Å². The molecule has 0 saturated heterocycles. The van der Waals surface area contributed by atoms with Gasteiger partial charge in [-0.05, 0) is 13.3 Å². The Bertz CT molecular complexity index is 96.2. The van der Waals surface area contributed by atoms with Crippen molar-refractivity contribution in [3.05, 3.63) is 0 Å². The van der Waals surface area contributed by atoms with Crippen LogP contribution in [0.25, 0.3) is 0 Å². The van der Waals surface area contributed by atoms with Crippen molar-refractivity contribution in [2.24, 2.45) is 0 Å². The van der Waals surface area contributed by atoms with Gasteiger partial charge in [-0.25, -0.2) is 0 Å². The van der Waals surface area contributed by atoms with E-state index in [1.165, 1.54) is 6.42 Å². The Balaban J connectivity index is 3.28. The third kappa shape index (κ3) is 8.21. The molecular weight excluding hydrogens is 154 g/mol. The highest BCUT2D eigenvalue weighted by Gasteiger charge is 2.09. The molecule has 1 atom stereocenters. The Morgan fingerprint density at radius 3 is 2.27 bits per heavy atom. The lowest BCUT2D eigenvalue weighted by Gasteiger charge is -2.19. The van der Waals surface area contributed by atoms with E-state index < -0.39 is 0 Å². The number of nitrogens with one attached hydrogen (secondary N) is 1. The maximum atomic E-state index is 3.45. The smallest absolute Gasteiger partial charge is 0.0425 e. The van der Waals surface area contributed by atoms with Crippen LogP contribution in [0.4, 0.5) is 0 Å². The van der Waals surface area contributed by atoms with Gasteiger partial charge in [0, 0.05) is 16.7 Å². The highest BCUT2D eigenvalue weighted by molar-refractivity contribution is 8.00. The highest BCUT2D eigenvalue weighted by Crippen LogP contribution is 2.21. The van der Waals surface area contributed by atoms with Gasteiger partial charge in [-0.1, -0.05) is 27.7 Å².